The molecule has 0 radical (unpaired) electrons. The van der Waals surface area contributed by atoms with Gasteiger partial charge >= 0.3 is 5.97 Å². The molecule has 1 saturated carbocycles. The Hall–Kier alpha value is -1.51. The fraction of sp³-hybridized carbons (Fsp3) is 0.611. The van der Waals surface area contributed by atoms with Crippen molar-refractivity contribution in [3.63, 3.8) is 0 Å². The lowest BCUT2D eigenvalue weighted by atomic mass is 9.92. The summed E-state index contributed by atoms with van der Waals surface area (Å²) in [6.45, 7) is 6.10. The fourth-order valence-electron chi connectivity index (χ4n) is 2.75. The second kappa shape index (κ2) is 6.94. The van der Waals surface area contributed by atoms with Crippen molar-refractivity contribution in [1.82, 2.24) is 0 Å². The quantitative estimate of drug-likeness (QED) is 0.829. The van der Waals surface area contributed by atoms with Crippen LogP contribution in [0.25, 0.3) is 0 Å². The number of hydrogen-bond acceptors (Lipinski definition) is 4. The van der Waals surface area contributed by atoms with Crippen molar-refractivity contribution in [2.75, 3.05) is 11.9 Å². The zero-order valence-corrected chi connectivity index (χ0v) is 15.0. The van der Waals surface area contributed by atoms with Gasteiger partial charge in [-0.2, -0.15) is 0 Å². The van der Waals surface area contributed by atoms with E-state index in [4.69, 9.17) is 0 Å². The molecule has 2 N–H and O–H groups in total. The van der Waals surface area contributed by atoms with E-state index in [1.54, 1.807) is 0 Å². The summed E-state index contributed by atoms with van der Waals surface area (Å²) < 4.78 is 0. The van der Waals surface area contributed by atoms with Crippen molar-refractivity contribution in [1.29, 1.82) is 0 Å². The molecule has 5 heteroatoms. The molecule has 0 bridgehead atoms. The van der Waals surface area contributed by atoms with Gasteiger partial charge in [0.15, 0.2) is 0 Å². The summed E-state index contributed by atoms with van der Waals surface area (Å²) in [6, 6.07) is 2.16. The Balaban J connectivity index is 2.27. The lowest BCUT2D eigenvalue weighted by Crippen LogP contribution is -2.36. The van der Waals surface area contributed by atoms with E-state index < -0.39 is 5.97 Å². The van der Waals surface area contributed by atoms with E-state index in [1.165, 1.54) is 11.3 Å². The molecule has 0 amide bonds. The number of carboxylic acid groups (broad SMARTS) is 1. The molecule has 1 aliphatic rings. The van der Waals surface area contributed by atoms with E-state index in [2.05, 4.69) is 11.8 Å². The van der Waals surface area contributed by atoms with Gasteiger partial charge in [0, 0.05) is 18.5 Å². The van der Waals surface area contributed by atoms with Gasteiger partial charge in [0.2, 0.25) is 0 Å². The van der Waals surface area contributed by atoms with Gasteiger partial charge in [-0.1, -0.05) is 11.8 Å². The Bertz CT molecular complexity index is 625. The van der Waals surface area contributed by atoms with E-state index >= 15 is 0 Å². The number of hydrogen-bond donors (Lipinski definition) is 2. The Labute approximate surface area is 142 Å². The number of nitrogens with zero attached hydrogens (tertiary/aromatic N) is 1. The Morgan fingerprint density at radius 1 is 1.30 bits per heavy atom. The van der Waals surface area contributed by atoms with Crippen LogP contribution in [0.2, 0.25) is 0 Å². The lowest BCUT2D eigenvalue weighted by Gasteiger charge is -2.34. The monoisotopic (exact) mass is 335 g/mol. The van der Waals surface area contributed by atoms with Crippen LogP contribution in [0.15, 0.2) is 6.07 Å². The molecule has 0 spiro atoms. The Morgan fingerprint density at radius 3 is 2.43 bits per heavy atom. The molecule has 0 aromatic carbocycles. The first-order valence-corrected chi connectivity index (χ1v) is 8.80. The van der Waals surface area contributed by atoms with Gasteiger partial charge in [-0.25, -0.2) is 4.79 Å². The molecule has 0 unspecified atom stereocenters. The predicted octanol–water partition coefficient (Wildman–Crippen LogP) is 3.58. The molecule has 1 aromatic rings. The molecule has 1 fully saturated rings. The van der Waals surface area contributed by atoms with E-state index in [9.17, 15) is 15.0 Å². The summed E-state index contributed by atoms with van der Waals surface area (Å²) in [5.74, 6) is 5.36. The van der Waals surface area contributed by atoms with E-state index in [1.807, 2.05) is 38.8 Å². The highest BCUT2D eigenvalue weighted by Gasteiger charge is 2.26. The second-order valence-corrected chi connectivity index (χ2v) is 8.26. The molecule has 0 saturated heterocycles. The van der Waals surface area contributed by atoms with Crippen LogP contribution in [0.4, 0.5) is 5.69 Å². The summed E-state index contributed by atoms with van der Waals surface area (Å²) in [4.78, 5) is 14.8. The molecule has 1 aliphatic carbocycles. The first kappa shape index (κ1) is 17.8. The van der Waals surface area contributed by atoms with E-state index in [-0.39, 0.29) is 17.6 Å². The van der Waals surface area contributed by atoms with Gasteiger partial charge in [0.1, 0.15) is 4.88 Å². The minimum atomic E-state index is -0.906. The van der Waals surface area contributed by atoms with Crippen LogP contribution in [-0.2, 0) is 0 Å². The number of aliphatic hydroxyl groups excluding tert-OH is 1. The standard InChI is InChI=1S/C18H25NO3S/c1-18(2,3)10-9-14-11-15(16(23-14)17(21)22)19(4)12-5-7-13(20)8-6-12/h11-13,20H,5-8H2,1-4H3,(H,21,22). The average Bonchev–Trinajstić information content (AvgIpc) is 2.89. The zero-order valence-electron chi connectivity index (χ0n) is 14.2. The van der Waals surface area contributed by atoms with E-state index in [0.29, 0.717) is 4.88 Å². The van der Waals surface area contributed by atoms with Crippen molar-refractivity contribution >= 4 is 23.0 Å². The molecular weight excluding hydrogens is 310 g/mol. The maximum atomic E-state index is 11.6. The molecule has 23 heavy (non-hydrogen) atoms. The van der Waals surface area contributed by atoms with Gasteiger partial charge in [-0.15, -0.1) is 11.3 Å². The molecule has 0 aliphatic heterocycles. The molecule has 2 rings (SSSR count). The molecule has 1 heterocycles. The summed E-state index contributed by atoms with van der Waals surface area (Å²) in [5, 5.41) is 19.1. The summed E-state index contributed by atoms with van der Waals surface area (Å²) in [5.41, 5.74) is 0.626. The fourth-order valence-corrected chi connectivity index (χ4v) is 3.64. The molecular formula is C18H25NO3S. The van der Waals surface area contributed by atoms with Crippen LogP contribution in [0.5, 0.6) is 0 Å². The van der Waals surface area contributed by atoms with Crippen LogP contribution in [0, 0.1) is 17.3 Å². The van der Waals surface area contributed by atoms with Crippen LogP contribution < -0.4 is 4.90 Å². The molecule has 0 atom stereocenters. The van der Waals surface area contributed by atoms with Crippen molar-refractivity contribution in [3.05, 3.63) is 15.8 Å². The normalized spacial score (nSPS) is 21.4. The Morgan fingerprint density at radius 2 is 1.91 bits per heavy atom. The summed E-state index contributed by atoms with van der Waals surface area (Å²) in [6.07, 6.45) is 3.11. The van der Waals surface area contributed by atoms with E-state index in [0.717, 1.165) is 36.2 Å². The topological polar surface area (TPSA) is 60.8 Å². The molecule has 1 aromatic heterocycles. The third-order valence-electron chi connectivity index (χ3n) is 4.06. The SMILES string of the molecule is CN(c1cc(C#CC(C)(C)C)sc1C(=O)O)C1CCC(O)CC1. The van der Waals surface area contributed by atoms with Crippen molar-refractivity contribution in [3.8, 4) is 11.8 Å². The van der Waals surface area contributed by atoms with Gasteiger partial charge < -0.3 is 15.1 Å². The number of aliphatic hydroxyl groups is 1. The highest BCUT2D eigenvalue weighted by molar-refractivity contribution is 7.15. The largest absolute Gasteiger partial charge is 0.477 e. The van der Waals surface area contributed by atoms with Crippen LogP contribution in [0.3, 0.4) is 0 Å². The highest BCUT2D eigenvalue weighted by Crippen LogP contribution is 2.34. The first-order valence-electron chi connectivity index (χ1n) is 7.98. The third kappa shape index (κ3) is 4.73. The lowest BCUT2D eigenvalue weighted by molar-refractivity contribution is 0.0702. The van der Waals surface area contributed by atoms with Gasteiger partial charge in [0.25, 0.3) is 0 Å². The van der Waals surface area contributed by atoms with Gasteiger partial charge in [0.05, 0.1) is 16.7 Å². The average molecular weight is 335 g/mol. The van der Waals surface area contributed by atoms with Crippen molar-refractivity contribution in [2.45, 2.75) is 58.6 Å². The first-order chi connectivity index (χ1) is 10.7. The molecule has 126 valence electrons. The number of thiophene rings is 1. The van der Waals surface area contributed by atoms with Crippen LogP contribution in [-0.4, -0.2) is 35.4 Å². The highest BCUT2D eigenvalue weighted by atomic mass is 32.1. The number of anilines is 1. The zero-order chi connectivity index (χ0) is 17.2. The van der Waals surface area contributed by atoms with Crippen molar-refractivity contribution < 1.29 is 15.0 Å². The second-order valence-electron chi connectivity index (χ2n) is 7.20. The minimum absolute atomic E-state index is 0.112. The number of carboxylic acids is 1. The maximum absolute atomic E-state index is 11.6. The number of carbonyl (C=O) groups is 1. The minimum Gasteiger partial charge on any atom is -0.477 e. The maximum Gasteiger partial charge on any atom is 0.348 e. The predicted molar refractivity (Wildman–Crippen MR) is 94.3 cm³/mol. The Kier molecular flexibility index (Phi) is 5.38. The molecule has 4 nitrogen and oxygen atoms in total. The number of rotatable bonds is 3. The van der Waals surface area contributed by atoms with Crippen LogP contribution in [0.1, 0.15) is 61.0 Å². The number of aromatic carboxylic acids is 1. The summed E-state index contributed by atoms with van der Waals surface area (Å²) in [7, 11) is 1.94. The summed E-state index contributed by atoms with van der Waals surface area (Å²) >= 11 is 1.24. The van der Waals surface area contributed by atoms with Gasteiger partial charge in [-0.3, -0.25) is 0 Å². The third-order valence-corrected chi connectivity index (χ3v) is 5.09. The van der Waals surface area contributed by atoms with Gasteiger partial charge in [-0.05, 0) is 52.5 Å². The smallest absolute Gasteiger partial charge is 0.348 e. The van der Waals surface area contributed by atoms with Crippen LogP contribution >= 0.6 is 11.3 Å². The van der Waals surface area contributed by atoms with Crippen molar-refractivity contribution in [2.24, 2.45) is 5.41 Å².